The van der Waals surface area contributed by atoms with Crippen LogP contribution in [0, 0.1) is 0 Å². The highest BCUT2D eigenvalue weighted by atomic mass is 127. The van der Waals surface area contributed by atoms with Crippen molar-refractivity contribution in [2.75, 3.05) is 0 Å². The summed E-state index contributed by atoms with van der Waals surface area (Å²) in [7, 11) is 0. The van der Waals surface area contributed by atoms with Gasteiger partial charge in [0.2, 0.25) is 0 Å². The summed E-state index contributed by atoms with van der Waals surface area (Å²) in [5, 5.41) is 8.09. The van der Waals surface area contributed by atoms with Crippen LogP contribution in [-0.4, -0.2) is 23.2 Å². The first-order valence-corrected chi connectivity index (χ1v) is 5.69. The van der Waals surface area contributed by atoms with E-state index in [1.165, 1.54) is 0 Å². The third-order valence-electron chi connectivity index (χ3n) is 1.89. The Morgan fingerprint density at radius 2 is 1.93 bits per heavy atom. The van der Waals surface area contributed by atoms with Gasteiger partial charge in [0.05, 0.1) is 22.9 Å². The first-order valence-electron chi connectivity index (χ1n) is 4.35. The lowest BCUT2D eigenvalue weighted by Crippen LogP contribution is -2.16. The second-order valence-electron chi connectivity index (χ2n) is 4.21. The number of aromatic nitrogens is 5. The van der Waals surface area contributed by atoms with Crippen molar-refractivity contribution in [1.82, 2.24) is 23.2 Å². The van der Waals surface area contributed by atoms with E-state index in [1.807, 2.05) is 43.6 Å². The predicted octanol–water partition coefficient (Wildman–Crippen LogP) is 2.37. The summed E-state index contributed by atoms with van der Waals surface area (Å²) in [5.41, 5.74) is 1.05. The molecule has 0 saturated carbocycles. The minimum Gasteiger partial charge on any atom is -0.218 e. The van der Waals surface area contributed by atoms with Gasteiger partial charge in [0.25, 0.3) is 0 Å². The van der Waals surface area contributed by atoms with Crippen LogP contribution in [-0.2, 0) is 5.41 Å². The lowest BCUT2D eigenvalue weighted by Gasteiger charge is -2.15. The third-order valence-corrected chi connectivity index (χ3v) is 2.81. The molecule has 0 radical (unpaired) electrons. The molecule has 2 aromatic rings. The number of fused-ring (bicyclic) bond motifs is 1. The number of rotatable bonds is 0. The summed E-state index contributed by atoms with van der Waals surface area (Å²) >= 11 is 8.02. The lowest BCUT2D eigenvalue weighted by molar-refractivity contribution is 0.548. The zero-order valence-electron chi connectivity index (χ0n) is 8.49. The summed E-state index contributed by atoms with van der Waals surface area (Å²) in [5.74, 6) is 0.695. The van der Waals surface area contributed by atoms with Crippen LogP contribution < -0.4 is 0 Å². The Morgan fingerprint density at radius 3 is 2.53 bits per heavy atom. The molecule has 2 aromatic heterocycles. The highest BCUT2D eigenvalue weighted by molar-refractivity contribution is 14.1. The Hall–Kier alpha value is -0.500. The average molecular weight is 338 g/mol. The van der Waals surface area contributed by atoms with E-state index in [0.717, 1.165) is 0 Å². The minimum atomic E-state index is -0.140. The van der Waals surface area contributed by atoms with Crippen LogP contribution in [0.5, 0.6) is 0 Å². The van der Waals surface area contributed by atoms with Gasteiger partial charge in [-0.1, -0.05) is 37.6 Å². The van der Waals surface area contributed by atoms with Crippen molar-refractivity contribution < 1.29 is 0 Å². The maximum atomic E-state index is 6.01. The SMILES string of the molecule is CC(C)(C)c1nc(Cl)c2nnn(I)c2n1. The zero-order chi connectivity index (χ0) is 11.2. The molecule has 15 heavy (non-hydrogen) atoms. The Balaban J connectivity index is 2.76. The molecule has 7 heteroatoms. The van der Waals surface area contributed by atoms with Crippen LogP contribution in [0.15, 0.2) is 0 Å². The van der Waals surface area contributed by atoms with E-state index in [0.29, 0.717) is 22.1 Å². The molecule has 0 saturated heterocycles. The van der Waals surface area contributed by atoms with Gasteiger partial charge in [0.1, 0.15) is 5.82 Å². The normalized spacial score (nSPS) is 12.3. The quantitative estimate of drug-likeness (QED) is 0.547. The highest BCUT2D eigenvalue weighted by Gasteiger charge is 2.21. The van der Waals surface area contributed by atoms with E-state index < -0.39 is 0 Å². The van der Waals surface area contributed by atoms with Crippen LogP contribution in [0.1, 0.15) is 26.6 Å². The maximum absolute atomic E-state index is 6.01. The van der Waals surface area contributed by atoms with Gasteiger partial charge in [-0.2, -0.15) is 2.90 Å². The van der Waals surface area contributed by atoms with Crippen molar-refractivity contribution in [2.45, 2.75) is 26.2 Å². The van der Waals surface area contributed by atoms with E-state index in [9.17, 15) is 0 Å². The Labute approximate surface area is 106 Å². The molecule has 0 N–H and O–H groups in total. The van der Waals surface area contributed by atoms with Crippen LogP contribution in [0.4, 0.5) is 0 Å². The van der Waals surface area contributed by atoms with Crippen molar-refractivity contribution in [2.24, 2.45) is 0 Å². The van der Waals surface area contributed by atoms with Gasteiger partial charge in [-0.3, -0.25) is 0 Å². The molecule has 0 amide bonds. The molecule has 0 unspecified atom stereocenters. The molecule has 0 spiro atoms. The standard InChI is InChI=1S/C8H9ClIN5/c1-8(2,3)7-11-5(9)4-6(12-7)15(10)14-13-4/h1-3H3. The van der Waals surface area contributed by atoms with Crippen molar-refractivity contribution in [3.05, 3.63) is 11.0 Å². The summed E-state index contributed by atoms with van der Waals surface area (Å²) < 4.78 is 1.57. The van der Waals surface area contributed by atoms with Gasteiger partial charge in [-0.05, 0) is 0 Å². The molecule has 0 atom stereocenters. The van der Waals surface area contributed by atoms with E-state index in [-0.39, 0.29) is 5.41 Å². The van der Waals surface area contributed by atoms with Gasteiger partial charge < -0.3 is 0 Å². The van der Waals surface area contributed by atoms with E-state index in [4.69, 9.17) is 11.6 Å². The van der Waals surface area contributed by atoms with Gasteiger partial charge in [0.15, 0.2) is 16.3 Å². The number of hydrogen-bond donors (Lipinski definition) is 0. The molecule has 5 nitrogen and oxygen atoms in total. The molecule has 0 bridgehead atoms. The van der Waals surface area contributed by atoms with Gasteiger partial charge in [-0.25, -0.2) is 9.97 Å². The number of nitrogens with zero attached hydrogens (tertiary/aromatic N) is 5. The predicted molar refractivity (Wildman–Crippen MR) is 66.2 cm³/mol. The fraction of sp³-hybridized carbons (Fsp3) is 0.500. The molecule has 0 aromatic carbocycles. The fourth-order valence-corrected chi connectivity index (χ4v) is 1.73. The lowest BCUT2D eigenvalue weighted by atomic mass is 9.96. The Kier molecular flexibility index (Phi) is 2.58. The second kappa shape index (κ2) is 3.51. The van der Waals surface area contributed by atoms with E-state index in [1.54, 1.807) is 2.90 Å². The molecule has 0 aliphatic rings. The zero-order valence-corrected chi connectivity index (χ0v) is 11.4. The largest absolute Gasteiger partial charge is 0.218 e. The summed E-state index contributed by atoms with van der Waals surface area (Å²) in [6, 6.07) is 0. The van der Waals surface area contributed by atoms with Gasteiger partial charge in [-0.15, -0.1) is 5.10 Å². The molecule has 0 aliphatic heterocycles. The van der Waals surface area contributed by atoms with Crippen molar-refractivity contribution >= 4 is 45.6 Å². The monoisotopic (exact) mass is 337 g/mol. The number of halogens is 2. The second-order valence-corrected chi connectivity index (χ2v) is 5.48. The van der Waals surface area contributed by atoms with Gasteiger partial charge >= 0.3 is 0 Å². The highest BCUT2D eigenvalue weighted by Crippen LogP contribution is 2.24. The Bertz CT molecular complexity index is 515. The van der Waals surface area contributed by atoms with Crippen molar-refractivity contribution in [3.63, 3.8) is 0 Å². The fourth-order valence-electron chi connectivity index (χ4n) is 1.09. The minimum absolute atomic E-state index is 0.140. The summed E-state index contributed by atoms with van der Waals surface area (Å²) in [6.07, 6.45) is 0. The molecule has 2 heterocycles. The molecular weight excluding hydrogens is 328 g/mol. The number of hydrogen-bond acceptors (Lipinski definition) is 4. The van der Waals surface area contributed by atoms with Crippen LogP contribution in [0.25, 0.3) is 11.2 Å². The topological polar surface area (TPSA) is 56.5 Å². The summed E-state index contributed by atoms with van der Waals surface area (Å²) in [4.78, 5) is 8.62. The Morgan fingerprint density at radius 1 is 1.27 bits per heavy atom. The van der Waals surface area contributed by atoms with Crippen LogP contribution in [0.3, 0.4) is 0 Å². The molecule has 2 rings (SSSR count). The maximum Gasteiger partial charge on any atom is 0.193 e. The molecule has 0 aliphatic carbocycles. The third kappa shape index (κ3) is 1.92. The van der Waals surface area contributed by atoms with Gasteiger partial charge in [0, 0.05) is 5.41 Å². The smallest absolute Gasteiger partial charge is 0.193 e. The van der Waals surface area contributed by atoms with Crippen LogP contribution in [0.2, 0.25) is 5.15 Å². The van der Waals surface area contributed by atoms with Crippen LogP contribution >= 0.6 is 34.5 Å². The average Bonchev–Trinajstić information content (AvgIpc) is 2.47. The van der Waals surface area contributed by atoms with E-state index >= 15 is 0 Å². The van der Waals surface area contributed by atoms with Crippen molar-refractivity contribution in [3.8, 4) is 0 Å². The molecule has 0 fully saturated rings. The molecular formula is C8H9ClIN5. The first kappa shape index (κ1) is 11.0. The molecule has 80 valence electrons. The summed E-state index contributed by atoms with van der Waals surface area (Å²) in [6.45, 7) is 6.10. The van der Waals surface area contributed by atoms with Crippen molar-refractivity contribution in [1.29, 1.82) is 0 Å². The van der Waals surface area contributed by atoms with E-state index in [2.05, 4.69) is 20.3 Å². The first-order chi connectivity index (χ1) is 6.89.